The van der Waals surface area contributed by atoms with Gasteiger partial charge in [0.25, 0.3) is 5.91 Å². The lowest BCUT2D eigenvalue weighted by Crippen LogP contribution is -2.28. The molecule has 1 aliphatic heterocycles. The van der Waals surface area contributed by atoms with E-state index in [0.717, 1.165) is 22.5 Å². The molecule has 3 rings (SSSR count). The monoisotopic (exact) mass is 267 g/mol. The van der Waals surface area contributed by atoms with Gasteiger partial charge in [0.15, 0.2) is 0 Å². The van der Waals surface area contributed by atoms with Crippen molar-refractivity contribution in [2.24, 2.45) is 10.9 Å². The van der Waals surface area contributed by atoms with Gasteiger partial charge in [-0.3, -0.25) is 9.78 Å². The normalized spacial score (nSPS) is 17.4. The summed E-state index contributed by atoms with van der Waals surface area (Å²) >= 11 is 0. The molecular formula is C15H13N3O2. The first kappa shape index (κ1) is 12.3. The van der Waals surface area contributed by atoms with Crippen molar-refractivity contribution in [3.05, 3.63) is 54.2 Å². The second-order valence-electron chi connectivity index (χ2n) is 4.53. The lowest BCUT2D eigenvalue weighted by Gasteiger charge is -2.04. The topological polar surface area (TPSA) is 77.6 Å². The molecule has 100 valence electrons. The highest BCUT2D eigenvalue weighted by molar-refractivity contribution is 6.04. The number of carbonyl (C=O) groups is 1. The van der Waals surface area contributed by atoms with Gasteiger partial charge >= 0.3 is 0 Å². The summed E-state index contributed by atoms with van der Waals surface area (Å²) in [6.07, 6.45) is 1.49. The Morgan fingerprint density at radius 2 is 2.05 bits per heavy atom. The highest BCUT2D eigenvalue weighted by atomic mass is 16.6. The Kier molecular flexibility index (Phi) is 3.16. The number of pyridine rings is 1. The molecule has 0 saturated heterocycles. The third-order valence-electron chi connectivity index (χ3n) is 3.14. The molecule has 0 aliphatic carbocycles. The van der Waals surface area contributed by atoms with Crippen LogP contribution in [0.5, 0.6) is 0 Å². The molecule has 1 amide bonds. The van der Waals surface area contributed by atoms with Crippen LogP contribution in [0.4, 0.5) is 0 Å². The quantitative estimate of drug-likeness (QED) is 0.919. The van der Waals surface area contributed by atoms with Crippen molar-refractivity contribution in [1.29, 1.82) is 0 Å². The zero-order valence-electron chi connectivity index (χ0n) is 10.7. The van der Waals surface area contributed by atoms with Crippen molar-refractivity contribution in [3.8, 4) is 11.3 Å². The van der Waals surface area contributed by atoms with E-state index in [0.29, 0.717) is 6.42 Å². The second-order valence-corrected chi connectivity index (χ2v) is 4.53. The molecule has 1 atom stereocenters. The van der Waals surface area contributed by atoms with Crippen LogP contribution in [-0.4, -0.2) is 22.7 Å². The summed E-state index contributed by atoms with van der Waals surface area (Å²) < 4.78 is 0. The van der Waals surface area contributed by atoms with Gasteiger partial charge in [-0.1, -0.05) is 29.4 Å². The Labute approximate surface area is 116 Å². The molecule has 2 N–H and O–H groups in total. The number of oxime groups is 1. The first-order chi connectivity index (χ1) is 9.74. The lowest BCUT2D eigenvalue weighted by atomic mass is 10.0. The van der Waals surface area contributed by atoms with Crippen LogP contribution in [0.2, 0.25) is 0 Å². The third kappa shape index (κ3) is 2.38. The van der Waals surface area contributed by atoms with Gasteiger partial charge in [-0.05, 0) is 18.2 Å². The average molecular weight is 267 g/mol. The van der Waals surface area contributed by atoms with E-state index >= 15 is 0 Å². The van der Waals surface area contributed by atoms with E-state index in [4.69, 9.17) is 10.6 Å². The van der Waals surface area contributed by atoms with Crippen molar-refractivity contribution in [2.45, 2.75) is 12.5 Å². The zero-order valence-corrected chi connectivity index (χ0v) is 10.7. The van der Waals surface area contributed by atoms with Crippen LogP contribution < -0.4 is 5.73 Å². The Balaban J connectivity index is 1.88. The first-order valence-electron chi connectivity index (χ1n) is 6.28. The summed E-state index contributed by atoms with van der Waals surface area (Å²) in [7, 11) is 0. The van der Waals surface area contributed by atoms with Gasteiger partial charge in [-0.25, -0.2) is 0 Å². The maximum atomic E-state index is 11.1. The summed E-state index contributed by atoms with van der Waals surface area (Å²) in [5, 5.41) is 3.94. The number of hydrogen-bond donors (Lipinski definition) is 1. The van der Waals surface area contributed by atoms with Gasteiger partial charge < -0.3 is 10.6 Å². The summed E-state index contributed by atoms with van der Waals surface area (Å²) in [6.45, 7) is 0. The molecular weight excluding hydrogens is 254 g/mol. The molecule has 20 heavy (non-hydrogen) atoms. The molecule has 1 aromatic carbocycles. The highest BCUT2D eigenvalue weighted by Crippen LogP contribution is 2.22. The molecule has 2 aromatic rings. The number of carbonyl (C=O) groups excluding carboxylic acids is 1. The second kappa shape index (κ2) is 5.13. The Morgan fingerprint density at radius 1 is 1.20 bits per heavy atom. The van der Waals surface area contributed by atoms with Crippen molar-refractivity contribution in [2.75, 3.05) is 0 Å². The molecule has 0 fully saturated rings. The standard InChI is InChI=1S/C15H13N3O2/c16-15(19)14-9-13(18-20-14)11-5-3-4-10(8-11)12-6-1-2-7-17-12/h1-8,14H,9H2,(H2,16,19). The number of nitrogens with two attached hydrogens (primary N) is 1. The summed E-state index contributed by atoms with van der Waals surface area (Å²) in [4.78, 5) is 20.4. The van der Waals surface area contributed by atoms with Gasteiger partial charge in [-0.2, -0.15) is 0 Å². The van der Waals surface area contributed by atoms with E-state index in [1.807, 2.05) is 42.5 Å². The molecule has 5 nitrogen and oxygen atoms in total. The molecule has 1 unspecified atom stereocenters. The van der Waals surface area contributed by atoms with E-state index in [1.54, 1.807) is 6.20 Å². The molecule has 2 heterocycles. The van der Waals surface area contributed by atoms with Crippen LogP contribution in [0.25, 0.3) is 11.3 Å². The van der Waals surface area contributed by atoms with Crippen LogP contribution in [0, 0.1) is 0 Å². The van der Waals surface area contributed by atoms with Crippen LogP contribution >= 0.6 is 0 Å². The van der Waals surface area contributed by atoms with Gasteiger partial charge in [0, 0.05) is 23.7 Å². The SMILES string of the molecule is NC(=O)C1CC(c2cccc(-c3ccccn3)c2)=NO1. The summed E-state index contributed by atoms with van der Waals surface area (Å²) in [5.41, 5.74) is 8.74. The molecule has 1 aliphatic rings. The third-order valence-corrected chi connectivity index (χ3v) is 3.14. The van der Waals surface area contributed by atoms with Gasteiger partial charge in [-0.15, -0.1) is 0 Å². The van der Waals surface area contributed by atoms with Crippen LogP contribution in [0.3, 0.4) is 0 Å². The highest BCUT2D eigenvalue weighted by Gasteiger charge is 2.26. The van der Waals surface area contributed by atoms with Crippen LogP contribution in [0.1, 0.15) is 12.0 Å². The minimum absolute atomic E-state index is 0.404. The molecule has 0 spiro atoms. The number of primary amides is 1. The maximum absolute atomic E-state index is 11.1. The van der Waals surface area contributed by atoms with E-state index in [9.17, 15) is 4.79 Å². The number of benzene rings is 1. The van der Waals surface area contributed by atoms with Crippen LogP contribution in [-0.2, 0) is 9.63 Å². The average Bonchev–Trinajstić information content (AvgIpc) is 2.98. The summed E-state index contributed by atoms with van der Waals surface area (Å²) in [6, 6.07) is 13.6. The molecule has 0 saturated carbocycles. The minimum Gasteiger partial charge on any atom is -0.382 e. The number of rotatable bonds is 3. The van der Waals surface area contributed by atoms with Gasteiger partial charge in [0.2, 0.25) is 6.10 Å². The Morgan fingerprint density at radius 3 is 2.75 bits per heavy atom. The predicted octanol–water partition coefficient (Wildman–Crippen LogP) is 1.73. The smallest absolute Gasteiger partial charge is 0.261 e. The van der Waals surface area contributed by atoms with Gasteiger partial charge in [0.05, 0.1) is 11.4 Å². The lowest BCUT2D eigenvalue weighted by molar-refractivity contribution is -0.127. The Hall–Kier alpha value is -2.69. The van der Waals surface area contributed by atoms with E-state index in [-0.39, 0.29) is 0 Å². The first-order valence-corrected chi connectivity index (χ1v) is 6.28. The van der Waals surface area contributed by atoms with Crippen molar-refractivity contribution in [3.63, 3.8) is 0 Å². The molecule has 5 heteroatoms. The number of aromatic nitrogens is 1. The van der Waals surface area contributed by atoms with Gasteiger partial charge in [0.1, 0.15) is 0 Å². The predicted molar refractivity (Wildman–Crippen MR) is 74.9 cm³/mol. The van der Waals surface area contributed by atoms with Crippen molar-refractivity contribution in [1.82, 2.24) is 4.98 Å². The minimum atomic E-state index is -0.663. The largest absolute Gasteiger partial charge is 0.382 e. The van der Waals surface area contributed by atoms with Crippen LogP contribution in [0.15, 0.2) is 53.8 Å². The van der Waals surface area contributed by atoms with Crippen molar-refractivity contribution < 1.29 is 9.63 Å². The molecule has 0 bridgehead atoms. The zero-order chi connectivity index (χ0) is 13.9. The fourth-order valence-corrected chi connectivity index (χ4v) is 2.09. The number of nitrogens with zero attached hydrogens (tertiary/aromatic N) is 2. The fraction of sp³-hybridized carbons (Fsp3) is 0.133. The molecule has 1 aromatic heterocycles. The van der Waals surface area contributed by atoms with E-state index < -0.39 is 12.0 Å². The fourth-order valence-electron chi connectivity index (χ4n) is 2.09. The molecule has 0 radical (unpaired) electrons. The maximum Gasteiger partial charge on any atom is 0.261 e. The van der Waals surface area contributed by atoms with E-state index in [1.165, 1.54) is 0 Å². The number of hydrogen-bond acceptors (Lipinski definition) is 4. The summed E-state index contributed by atoms with van der Waals surface area (Å²) in [5.74, 6) is -0.496. The Bertz CT molecular complexity index is 668. The van der Waals surface area contributed by atoms with E-state index in [2.05, 4.69) is 10.1 Å². The van der Waals surface area contributed by atoms with Crippen molar-refractivity contribution >= 4 is 11.6 Å². The number of amides is 1.